The number of nitrogens with zero attached hydrogens (tertiary/aromatic N) is 3. The molecule has 3 aromatic rings. The van der Waals surface area contributed by atoms with Crippen LogP contribution in [-0.2, 0) is 31.1 Å². The van der Waals surface area contributed by atoms with Crippen LogP contribution in [0.15, 0.2) is 89.4 Å². The zero-order chi connectivity index (χ0) is 26.5. The maximum atomic E-state index is 12.4. The first-order valence-electron chi connectivity index (χ1n) is 11.2. The van der Waals surface area contributed by atoms with Gasteiger partial charge in [-0.2, -0.15) is 23.3 Å². The second-order valence-corrected chi connectivity index (χ2v) is 9.40. The maximum Gasteiger partial charge on any atom is 0.417 e. The standard InChI is InChI=1S/C16H20N2O2.C12H7F3N.Ir/c1-11-14(13(19)10-16(2,3)4)15(20)18(17-11)12-8-6-5-7-9-12;13-12(14,15)10-6-7-11(16-8-10)9-4-2-1-3-5-9;/h5-9,19H,10H2,1-4H3;1-4,6-8H;/q;-1;/b14-13-;;. The molecule has 2 aromatic carbocycles. The molecule has 0 spiro atoms. The van der Waals surface area contributed by atoms with E-state index in [1.807, 2.05) is 51.1 Å². The molecule has 2 heterocycles. The summed E-state index contributed by atoms with van der Waals surface area (Å²) in [5.74, 6) is -0.155. The molecule has 4 rings (SSSR count). The zero-order valence-electron chi connectivity index (χ0n) is 20.8. The molecule has 0 saturated heterocycles. The molecule has 1 amide bonds. The quantitative estimate of drug-likeness (QED) is 0.180. The zero-order valence-corrected chi connectivity index (χ0v) is 23.2. The molecule has 5 nitrogen and oxygen atoms in total. The number of hydrazone groups is 1. The van der Waals surface area contributed by atoms with Crippen molar-refractivity contribution in [1.82, 2.24) is 4.98 Å². The molecule has 0 atom stereocenters. The largest absolute Gasteiger partial charge is 0.511 e. The number of alkyl halides is 3. The molecular formula is C28H27F3IrN3O2-. The number of rotatable bonds is 3. The summed E-state index contributed by atoms with van der Waals surface area (Å²) in [4.78, 5) is 16.2. The molecule has 1 N–H and O–H groups in total. The van der Waals surface area contributed by atoms with Gasteiger partial charge in [-0.25, -0.2) is 0 Å². The molecule has 1 radical (unpaired) electrons. The van der Waals surface area contributed by atoms with E-state index in [0.717, 1.165) is 12.3 Å². The van der Waals surface area contributed by atoms with Crippen LogP contribution in [0.25, 0.3) is 11.3 Å². The van der Waals surface area contributed by atoms with Crippen LogP contribution >= 0.6 is 0 Å². The van der Waals surface area contributed by atoms with Crippen LogP contribution in [0.2, 0.25) is 0 Å². The van der Waals surface area contributed by atoms with Crippen LogP contribution in [0.1, 0.15) is 39.7 Å². The number of allylic oxidation sites excluding steroid dienone is 1. The van der Waals surface area contributed by atoms with Crippen LogP contribution in [0.5, 0.6) is 0 Å². The van der Waals surface area contributed by atoms with E-state index in [2.05, 4.69) is 16.2 Å². The van der Waals surface area contributed by atoms with Crippen molar-refractivity contribution in [3.63, 3.8) is 0 Å². The Labute approximate surface area is 228 Å². The first kappa shape index (κ1) is 29.9. The number of carbonyl (C=O) groups is 1. The van der Waals surface area contributed by atoms with Crippen molar-refractivity contribution in [2.24, 2.45) is 10.5 Å². The number of carbonyl (C=O) groups excluding carboxylic acids is 1. The van der Waals surface area contributed by atoms with Gasteiger partial charge in [-0.15, -0.1) is 35.9 Å². The molecule has 0 saturated carbocycles. The summed E-state index contributed by atoms with van der Waals surface area (Å²) in [5.41, 5.74) is 1.91. The third-order valence-corrected chi connectivity index (χ3v) is 5.08. The molecule has 0 aliphatic carbocycles. The molecule has 1 aliphatic heterocycles. The fourth-order valence-electron chi connectivity index (χ4n) is 3.45. The van der Waals surface area contributed by atoms with Crippen LogP contribution in [-0.4, -0.2) is 21.7 Å². The third kappa shape index (κ3) is 8.10. The van der Waals surface area contributed by atoms with E-state index < -0.39 is 11.7 Å². The molecule has 1 aliphatic rings. The third-order valence-electron chi connectivity index (χ3n) is 5.08. The predicted molar refractivity (Wildman–Crippen MR) is 134 cm³/mol. The van der Waals surface area contributed by atoms with Gasteiger partial charge in [0, 0.05) is 32.7 Å². The Kier molecular flexibility index (Phi) is 9.95. The van der Waals surface area contributed by atoms with Crippen molar-refractivity contribution < 1.29 is 43.2 Å². The number of para-hydroxylation sites is 1. The van der Waals surface area contributed by atoms with E-state index in [1.165, 1.54) is 11.1 Å². The molecule has 0 bridgehead atoms. The first-order valence-corrected chi connectivity index (χ1v) is 11.2. The fourth-order valence-corrected chi connectivity index (χ4v) is 3.45. The van der Waals surface area contributed by atoms with Gasteiger partial charge in [0.2, 0.25) is 0 Å². The number of amides is 1. The van der Waals surface area contributed by atoms with Crippen LogP contribution in [0, 0.1) is 11.5 Å². The molecule has 197 valence electrons. The van der Waals surface area contributed by atoms with Crippen LogP contribution in [0.3, 0.4) is 0 Å². The summed E-state index contributed by atoms with van der Waals surface area (Å²) >= 11 is 0. The summed E-state index contributed by atoms with van der Waals surface area (Å²) < 4.78 is 36.8. The van der Waals surface area contributed by atoms with Gasteiger partial charge >= 0.3 is 6.18 Å². The van der Waals surface area contributed by atoms with Gasteiger partial charge in [-0.1, -0.05) is 51.1 Å². The van der Waals surface area contributed by atoms with Crippen LogP contribution in [0.4, 0.5) is 18.9 Å². The molecule has 9 heteroatoms. The van der Waals surface area contributed by atoms with E-state index in [1.54, 1.807) is 31.2 Å². The van der Waals surface area contributed by atoms with Crippen molar-refractivity contribution in [1.29, 1.82) is 0 Å². The number of hydrogen-bond acceptors (Lipinski definition) is 4. The Balaban J connectivity index is 0.000000259. The van der Waals surface area contributed by atoms with E-state index in [9.17, 15) is 23.1 Å². The maximum absolute atomic E-state index is 12.4. The first-order chi connectivity index (χ1) is 16.9. The van der Waals surface area contributed by atoms with Crippen molar-refractivity contribution >= 4 is 17.3 Å². The van der Waals surface area contributed by atoms with Gasteiger partial charge in [0.1, 0.15) is 11.3 Å². The smallest absolute Gasteiger partial charge is 0.417 e. The fraction of sp³-hybridized carbons (Fsp3) is 0.250. The van der Waals surface area contributed by atoms with Crippen molar-refractivity contribution in [3.05, 3.63) is 95.9 Å². The average molecular weight is 687 g/mol. The Hall–Kier alpha value is -3.29. The summed E-state index contributed by atoms with van der Waals surface area (Å²) in [7, 11) is 0. The molecule has 0 fully saturated rings. The van der Waals surface area contributed by atoms with Gasteiger partial charge in [0.25, 0.3) is 5.91 Å². The Bertz CT molecular complexity index is 1250. The summed E-state index contributed by atoms with van der Waals surface area (Å²) in [5, 5.41) is 15.8. The molecule has 1 aromatic heterocycles. The summed E-state index contributed by atoms with van der Waals surface area (Å²) in [6.45, 7) is 7.80. The van der Waals surface area contributed by atoms with E-state index in [4.69, 9.17) is 0 Å². The van der Waals surface area contributed by atoms with Gasteiger partial charge in [0.15, 0.2) is 0 Å². The van der Waals surface area contributed by atoms with E-state index in [0.29, 0.717) is 34.7 Å². The van der Waals surface area contributed by atoms with Crippen molar-refractivity contribution in [3.8, 4) is 11.3 Å². The number of hydrogen-bond donors (Lipinski definition) is 1. The van der Waals surface area contributed by atoms with Gasteiger partial charge in [-0.05, 0) is 30.2 Å². The van der Waals surface area contributed by atoms with Gasteiger partial charge in [0.05, 0.1) is 17.0 Å². The summed E-state index contributed by atoms with van der Waals surface area (Å²) in [6.07, 6.45) is -3.06. The van der Waals surface area contributed by atoms with Crippen molar-refractivity contribution in [2.75, 3.05) is 5.01 Å². The monoisotopic (exact) mass is 687 g/mol. The number of aromatic nitrogens is 1. The minimum Gasteiger partial charge on any atom is -0.511 e. The van der Waals surface area contributed by atoms with Gasteiger partial charge < -0.3 is 10.1 Å². The summed E-state index contributed by atoms with van der Waals surface area (Å²) in [6, 6.07) is 21.5. The predicted octanol–water partition coefficient (Wildman–Crippen LogP) is 7.22. The minimum absolute atomic E-state index is 0. The van der Waals surface area contributed by atoms with E-state index in [-0.39, 0.29) is 37.2 Å². The number of aliphatic hydroxyl groups is 1. The number of halogens is 3. The average Bonchev–Trinajstić information content (AvgIpc) is 3.13. The molecular weight excluding hydrogens is 660 g/mol. The minimum atomic E-state index is -4.34. The van der Waals surface area contributed by atoms with Crippen LogP contribution < -0.4 is 5.01 Å². The van der Waals surface area contributed by atoms with Gasteiger partial charge in [-0.3, -0.25) is 4.79 Å². The second kappa shape index (κ2) is 12.3. The topological polar surface area (TPSA) is 65.8 Å². The number of aliphatic hydroxyl groups excluding tert-OH is 1. The van der Waals surface area contributed by atoms with Crippen molar-refractivity contribution in [2.45, 2.75) is 40.3 Å². The number of pyridine rings is 1. The Morgan fingerprint density at radius 1 is 1.00 bits per heavy atom. The normalized spacial score (nSPS) is 14.8. The second-order valence-electron chi connectivity index (χ2n) is 9.40. The number of anilines is 1. The number of benzene rings is 2. The SMILES string of the molecule is CC1=NN(c2ccccc2)C(=O)/C1=C(\O)CC(C)(C)C.FC(F)(F)c1ccc(-c2[c-]cccc2)nc1.[Ir]. The van der Waals surface area contributed by atoms with E-state index >= 15 is 0 Å². The Morgan fingerprint density at radius 2 is 1.65 bits per heavy atom. The molecule has 0 unspecified atom stereocenters. The molecule has 37 heavy (non-hydrogen) atoms. The Morgan fingerprint density at radius 3 is 2.16 bits per heavy atom.